The molecular formula is C15H29NO. The van der Waals surface area contributed by atoms with Crippen LogP contribution in [0.5, 0.6) is 0 Å². The van der Waals surface area contributed by atoms with Crippen LogP contribution in [0.2, 0.25) is 0 Å². The maximum Gasteiger partial charge on any atom is 0.0540 e. The van der Waals surface area contributed by atoms with Crippen molar-refractivity contribution in [3.8, 4) is 0 Å². The van der Waals surface area contributed by atoms with Crippen molar-refractivity contribution in [2.75, 3.05) is 6.54 Å². The van der Waals surface area contributed by atoms with E-state index in [9.17, 15) is 5.11 Å². The van der Waals surface area contributed by atoms with Gasteiger partial charge in [0.15, 0.2) is 0 Å². The van der Waals surface area contributed by atoms with Crippen molar-refractivity contribution in [3.63, 3.8) is 0 Å². The molecule has 0 spiro atoms. The Bertz CT molecular complexity index is 250. The van der Waals surface area contributed by atoms with Crippen LogP contribution in [-0.2, 0) is 0 Å². The lowest BCUT2D eigenvalue weighted by Gasteiger charge is -2.39. The summed E-state index contributed by atoms with van der Waals surface area (Å²) in [4.78, 5) is 2.67. The molecule has 100 valence electrons. The molecule has 1 aliphatic carbocycles. The van der Waals surface area contributed by atoms with Gasteiger partial charge in [0.25, 0.3) is 0 Å². The molecule has 2 atom stereocenters. The molecule has 0 radical (unpaired) electrons. The van der Waals surface area contributed by atoms with Crippen LogP contribution in [-0.4, -0.2) is 34.2 Å². The van der Waals surface area contributed by atoms with Gasteiger partial charge in [-0.15, -0.1) is 0 Å². The number of rotatable bonds is 1. The maximum absolute atomic E-state index is 9.61. The molecule has 1 saturated carbocycles. The predicted octanol–water partition coefficient (Wildman–Crippen LogP) is 3.05. The van der Waals surface area contributed by atoms with Crippen LogP contribution < -0.4 is 0 Å². The number of hydrogen-bond donors (Lipinski definition) is 1. The van der Waals surface area contributed by atoms with Crippen molar-refractivity contribution in [2.24, 2.45) is 11.8 Å². The van der Waals surface area contributed by atoms with Crippen LogP contribution in [0.15, 0.2) is 0 Å². The van der Waals surface area contributed by atoms with E-state index in [1.807, 2.05) is 0 Å². The van der Waals surface area contributed by atoms with Crippen LogP contribution in [0.3, 0.4) is 0 Å². The molecule has 1 saturated heterocycles. The number of aliphatic hydroxyl groups excluding tert-OH is 1. The summed E-state index contributed by atoms with van der Waals surface area (Å²) in [5.74, 6) is 1.72. The van der Waals surface area contributed by atoms with Gasteiger partial charge in [-0.25, -0.2) is 0 Å². The third-order valence-electron chi connectivity index (χ3n) is 5.02. The van der Waals surface area contributed by atoms with Crippen molar-refractivity contribution in [1.29, 1.82) is 0 Å². The fraction of sp³-hybridized carbons (Fsp3) is 1.00. The van der Waals surface area contributed by atoms with E-state index in [0.717, 1.165) is 30.7 Å². The first-order valence-electron chi connectivity index (χ1n) is 7.34. The summed E-state index contributed by atoms with van der Waals surface area (Å²) in [6.07, 6.45) is 5.90. The second kappa shape index (κ2) is 4.89. The van der Waals surface area contributed by atoms with E-state index >= 15 is 0 Å². The second-order valence-electron chi connectivity index (χ2n) is 7.13. The first kappa shape index (κ1) is 13.4. The third kappa shape index (κ3) is 2.85. The van der Waals surface area contributed by atoms with Crippen molar-refractivity contribution < 1.29 is 5.11 Å². The van der Waals surface area contributed by atoms with Crippen molar-refractivity contribution in [3.05, 3.63) is 0 Å². The fourth-order valence-corrected chi connectivity index (χ4v) is 4.07. The highest BCUT2D eigenvalue weighted by Crippen LogP contribution is 2.40. The van der Waals surface area contributed by atoms with E-state index in [4.69, 9.17) is 0 Å². The van der Waals surface area contributed by atoms with Gasteiger partial charge in [0, 0.05) is 11.6 Å². The first-order valence-corrected chi connectivity index (χ1v) is 7.34. The van der Waals surface area contributed by atoms with Crippen LogP contribution in [0.4, 0.5) is 0 Å². The van der Waals surface area contributed by atoms with E-state index in [1.165, 1.54) is 25.8 Å². The van der Waals surface area contributed by atoms with Crippen LogP contribution in [0.25, 0.3) is 0 Å². The molecule has 1 heterocycles. The molecular weight excluding hydrogens is 210 g/mol. The van der Waals surface area contributed by atoms with E-state index in [0.29, 0.717) is 5.54 Å². The van der Waals surface area contributed by atoms with E-state index < -0.39 is 0 Å². The van der Waals surface area contributed by atoms with Gasteiger partial charge in [-0.3, -0.25) is 4.90 Å². The Morgan fingerprint density at radius 2 is 1.59 bits per heavy atom. The monoisotopic (exact) mass is 239 g/mol. The zero-order chi connectivity index (χ0) is 12.6. The Morgan fingerprint density at radius 1 is 1.00 bits per heavy atom. The fourth-order valence-electron chi connectivity index (χ4n) is 4.07. The molecule has 0 bridgehead atoms. The zero-order valence-corrected chi connectivity index (χ0v) is 11.9. The summed E-state index contributed by atoms with van der Waals surface area (Å²) >= 11 is 0. The van der Waals surface area contributed by atoms with Gasteiger partial charge in [0.1, 0.15) is 0 Å². The molecule has 2 heteroatoms. The highest BCUT2D eigenvalue weighted by Gasteiger charge is 2.40. The van der Waals surface area contributed by atoms with Gasteiger partial charge >= 0.3 is 0 Å². The summed E-state index contributed by atoms with van der Waals surface area (Å²) in [5.41, 5.74) is 0.308. The average Bonchev–Trinajstić information content (AvgIpc) is 2.61. The molecule has 0 unspecified atom stereocenters. The SMILES string of the molecule is C[C@@H]1[C@@H](C2CCC(O)CC2)CCN1C(C)(C)C. The highest BCUT2D eigenvalue weighted by atomic mass is 16.3. The predicted molar refractivity (Wildman–Crippen MR) is 72.0 cm³/mol. The number of hydrogen-bond acceptors (Lipinski definition) is 2. The molecule has 0 aromatic rings. The normalized spacial score (nSPS) is 40.8. The molecule has 2 nitrogen and oxygen atoms in total. The first-order chi connectivity index (χ1) is 7.89. The second-order valence-corrected chi connectivity index (χ2v) is 7.13. The molecule has 0 aromatic heterocycles. The summed E-state index contributed by atoms with van der Waals surface area (Å²) < 4.78 is 0. The molecule has 2 rings (SSSR count). The largest absolute Gasteiger partial charge is 0.393 e. The average molecular weight is 239 g/mol. The molecule has 0 amide bonds. The minimum Gasteiger partial charge on any atom is -0.393 e. The standard InChI is InChI=1S/C15H29NO/c1-11-14(9-10-16(11)15(2,3)4)12-5-7-13(17)8-6-12/h11-14,17H,5-10H2,1-4H3/t11-,12?,13?,14+/m1/s1. The molecule has 0 aromatic carbocycles. The topological polar surface area (TPSA) is 23.5 Å². The van der Waals surface area contributed by atoms with E-state index in [2.05, 4.69) is 32.6 Å². The Labute approximate surface area is 106 Å². The van der Waals surface area contributed by atoms with Gasteiger partial charge < -0.3 is 5.11 Å². The summed E-state index contributed by atoms with van der Waals surface area (Å²) in [5, 5.41) is 9.61. The zero-order valence-electron chi connectivity index (χ0n) is 11.9. The summed E-state index contributed by atoms with van der Waals surface area (Å²) in [6, 6.07) is 0.718. The van der Waals surface area contributed by atoms with E-state index in [1.54, 1.807) is 0 Å². The number of likely N-dealkylation sites (tertiary alicyclic amines) is 1. The quantitative estimate of drug-likeness (QED) is 0.760. The summed E-state index contributed by atoms with van der Waals surface area (Å²) in [6.45, 7) is 10.7. The van der Waals surface area contributed by atoms with Gasteiger partial charge in [-0.2, -0.15) is 0 Å². The molecule has 2 aliphatic rings. The highest BCUT2D eigenvalue weighted by molar-refractivity contribution is 4.94. The van der Waals surface area contributed by atoms with Crippen LogP contribution in [0, 0.1) is 11.8 Å². The van der Waals surface area contributed by atoms with Gasteiger partial charge in [0.2, 0.25) is 0 Å². The van der Waals surface area contributed by atoms with Gasteiger partial charge in [-0.1, -0.05) is 0 Å². The van der Waals surface area contributed by atoms with E-state index in [-0.39, 0.29) is 6.10 Å². The molecule has 1 N–H and O–H groups in total. The minimum absolute atomic E-state index is 0.0123. The van der Waals surface area contributed by atoms with Crippen LogP contribution >= 0.6 is 0 Å². The lowest BCUT2D eigenvalue weighted by molar-refractivity contribution is 0.0668. The van der Waals surface area contributed by atoms with Gasteiger partial charge in [0.05, 0.1) is 6.10 Å². The van der Waals surface area contributed by atoms with Crippen molar-refractivity contribution >= 4 is 0 Å². The Balaban J connectivity index is 1.95. The maximum atomic E-state index is 9.61. The minimum atomic E-state index is -0.0123. The van der Waals surface area contributed by atoms with Gasteiger partial charge in [-0.05, 0) is 78.2 Å². The Kier molecular flexibility index (Phi) is 3.84. The smallest absolute Gasteiger partial charge is 0.0540 e. The Hall–Kier alpha value is -0.0800. The van der Waals surface area contributed by atoms with Crippen molar-refractivity contribution in [2.45, 2.75) is 77.5 Å². The number of nitrogens with zero attached hydrogens (tertiary/aromatic N) is 1. The van der Waals surface area contributed by atoms with Crippen LogP contribution in [0.1, 0.15) is 59.8 Å². The number of aliphatic hydroxyl groups is 1. The molecule has 2 fully saturated rings. The molecule has 1 aliphatic heterocycles. The third-order valence-corrected chi connectivity index (χ3v) is 5.02. The Morgan fingerprint density at radius 3 is 2.06 bits per heavy atom. The summed E-state index contributed by atoms with van der Waals surface area (Å²) in [7, 11) is 0. The van der Waals surface area contributed by atoms with Crippen molar-refractivity contribution in [1.82, 2.24) is 4.90 Å². The lowest BCUT2D eigenvalue weighted by Crippen LogP contribution is -2.45. The lowest BCUT2D eigenvalue weighted by atomic mass is 9.76. The molecule has 17 heavy (non-hydrogen) atoms.